The monoisotopic (exact) mass is 207 g/mol. The van der Waals surface area contributed by atoms with Gasteiger partial charge in [0.05, 0.1) is 24.6 Å². The Morgan fingerprint density at radius 1 is 1.53 bits per heavy atom. The van der Waals surface area contributed by atoms with Crippen molar-refractivity contribution < 1.29 is 9.41 Å². The molecule has 0 saturated carbocycles. The van der Waals surface area contributed by atoms with Crippen LogP contribution in [-0.4, -0.2) is 29.5 Å². The molecule has 1 rings (SSSR count). The zero-order chi connectivity index (χ0) is 11.6. The summed E-state index contributed by atoms with van der Waals surface area (Å²) in [7, 11) is 3.86. The van der Waals surface area contributed by atoms with Crippen LogP contribution in [0.15, 0.2) is 23.5 Å². The maximum absolute atomic E-state index is 10.9. The largest absolute Gasteiger partial charge is 0.304 e. The highest BCUT2D eigenvalue weighted by Gasteiger charge is 2.37. The van der Waals surface area contributed by atoms with Crippen LogP contribution in [0.2, 0.25) is 0 Å². The zero-order valence-electron chi connectivity index (χ0n) is 9.44. The summed E-state index contributed by atoms with van der Waals surface area (Å²) in [6.07, 6.45) is 3.50. The van der Waals surface area contributed by atoms with Gasteiger partial charge in [0.2, 0.25) is 0 Å². The van der Waals surface area contributed by atoms with E-state index in [1.165, 1.54) is 0 Å². The third-order valence-electron chi connectivity index (χ3n) is 2.68. The van der Waals surface area contributed by atoms with Crippen molar-refractivity contribution in [2.24, 2.45) is 0 Å². The first-order chi connectivity index (χ1) is 6.88. The normalized spacial score (nSPS) is 23.3. The summed E-state index contributed by atoms with van der Waals surface area (Å²) in [5.41, 5.74) is 0.938. The summed E-state index contributed by atoms with van der Waals surface area (Å²) >= 11 is 0. The fraction of sp³-hybridized carbons (Fsp3) is 0.455. The average Bonchev–Trinajstić information content (AvgIpc) is 2.10. The van der Waals surface area contributed by atoms with Crippen LogP contribution >= 0.6 is 0 Å². The summed E-state index contributed by atoms with van der Waals surface area (Å²) in [6, 6.07) is -0.151. The minimum atomic E-state index is -0.324. The van der Waals surface area contributed by atoms with Gasteiger partial charge in [-0.05, 0) is 13.8 Å². The summed E-state index contributed by atoms with van der Waals surface area (Å²) in [5.74, 6) is 5.61. The molecule has 1 heterocycles. The number of allylic oxidation sites excluding steroid dienone is 2. The highest BCUT2D eigenvalue weighted by atomic mass is 16.6. The quantitative estimate of drug-likeness (QED) is 0.283. The van der Waals surface area contributed by atoms with Gasteiger partial charge in [-0.3, -0.25) is 14.6 Å². The van der Waals surface area contributed by atoms with E-state index in [0.717, 1.165) is 0 Å². The molecule has 0 amide bonds. The maximum atomic E-state index is 10.9. The average molecular weight is 207 g/mol. The van der Waals surface area contributed by atoms with Gasteiger partial charge in [-0.1, -0.05) is 5.92 Å². The molecule has 1 aliphatic heterocycles. The lowest BCUT2D eigenvalue weighted by Crippen LogP contribution is -2.46. The van der Waals surface area contributed by atoms with Crippen molar-refractivity contribution in [3.8, 4) is 11.8 Å². The zero-order valence-corrected chi connectivity index (χ0v) is 9.44. The van der Waals surface area contributed by atoms with Gasteiger partial charge in [0, 0.05) is 6.08 Å². The summed E-state index contributed by atoms with van der Waals surface area (Å²) in [6.45, 7) is 3.57. The Hall–Kier alpha value is -1.60. The van der Waals surface area contributed by atoms with Gasteiger partial charge in [0.25, 0.3) is 0 Å². The van der Waals surface area contributed by atoms with Crippen LogP contribution in [-0.2, 0) is 0 Å². The summed E-state index contributed by atoms with van der Waals surface area (Å²) in [5, 5.41) is 10.9. The second-order valence-corrected chi connectivity index (χ2v) is 4.09. The molecule has 0 aliphatic carbocycles. The standard InChI is InChI=1S/C11H15N2O2/c1-5-6-10-7-11(12(14)15)9(2)13(3,4)8-10/h7-9H,1-4H3/q+1. The maximum Gasteiger partial charge on any atom is 0.304 e. The molecule has 0 spiro atoms. The Morgan fingerprint density at radius 2 is 2.13 bits per heavy atom. The van der Waals surface area contributed by atoms with Crippen molar-refractivity contribution in [3.05, 3.63) is 33.7 Å². The third-order valence-corrected chi connectivity index (χ3v) is 2.68. The molecule has 4 nitrogen and oxygen atoms in total. The van der Waals surface area contributed by atoms with Crippen LogP contribution in [0.5, 0.6) is 0 Å². The van der Waals surface area contributed by atoms with E-state index in [-0.39, 0.29) is 16.7 Å². The van der Waals surface area contributed by atoms with Gasteiger partial charge in [-0.15, -0.1) is 5.92 Å². The number of rotatable bonds is 1. The molecule has 0 aromatic carbocycles. The van der Waals surface area contributed by atoms with Crippen LogP contribution in [0.25, 0.3) is 0 Å². The molecule has 1 aliphatic rings. The van der Waals surface area contributed by atoms with Gasteiger partial charge in [0.15, 0.2) is 6.04 Å². The van der Waals surface area contributed by atoms with Crippen LogP contribution < -0.4 is 0 Å². The van der Waals surface area contributed by atoms with Crippen LogP contribution in [0.1, 0.15) is 13.8 Å². The molecule has 15 heavy (non-hydrogen) atoms. The Balaban J connectivity index is 3.22. The van der Waals surface area contributed by atoms with E-state index in [4.69, 9.17) is 0 Å². The van der Waals surface area contributed by atoms with Gasteiger partial charge in [-0.2, -0.15) is 0 Å². The SMILES string of the molecule is CC#CC1=C[N+](C)(C)C(C)C([N+](=O)[O-])=C1. The van der Waals surface area contributed by atoms with E-state index in [9.17, 15) is 10.1 Å². The number of quaternary nitrogens is 1. The van der Waals surface area contributed by atoms with Crippen molar-refractivity contribution in [3.63, 3.8) is 0 Å². The predicted molar refractivity (Wildman–Crippen MR) is 58.2 cm³/mol. The van der Waals surface area contributed by atoms with Crippen molar-refractivity contribution in [1.29, 1.82) is 0 Å². The van der Waals surface area contributed by atoms with Gasteiger partial charge < -0.3 is 0 Å². The molecule has 0 aromatic heterocycles. The summed E-state index contributed by atoms with van der Waals surface area (Å²) < 4.78 is 0.455. The number of nitrogens with zero attached hydrogens (tertiary/aromatic N) is 2. The molecule has 1 atom stereocenters. The van der Waals surface area contributed by atoms with E-state index in [1.54, 1.807) is 13.0 Å². The second-order valence-electron chi connectivity index (χ2n) is 4.09. The molecule has 0 radical (unpaired) electrons. The van der Waals surface area contributed by atoms with Gasteiger partial charge >= 0.3 is 5.70 Å². The van der Waals surface area contributed by atoms with Gasteiger partial charge in [-0.25, -0.2) is 0 Å². The molecule has 0 saturated heterocycles. The molecular formula is C11H15N2O2+. The Morgan fingerprint density at radius 3 is 2.60 bits per heavy atom. The van der Waals surface area contributed by atoms with E-state index >= 15 is 0 Å². The molecular weight excluding hydrogens is 192 g/mol. The smallest absolute Gasteiger partial charge is 0.290 e. The minimum absolute atomic E-state index is 0.151. The van der Waals surface area contributed by atoms with Crippen LogP contribution in [0.3, 0.4) is 0 Å². The Kier molecular flexibility index (Phi) is 2.96. The first-order valence-electron chi connectivity index (χ1n) is 4.73. The molecule has 80 valence electrons. The van der Waals surface area contributed by atoms with Crippen molar-refractivity contribution in [1.82, 2.24) is 0 Å². The highest BCUT2D eigenvalue weighted by Crippen LogP contribution is 2.24. The minimum Gasteiger partial charge on any atom is -0.290 e. The lowest BCUT2D eigenvalue weighted by atomic mass is 10.1. The fourth-order valence-electron chi connectivity index (χ4n) is 1.55. The number of nitro groups is 1. The number of hydrogen-bond donors (Lipinski definition) is 0. The van der Waals surface area contributed by atoms with Crippen LogP contribution in [0, 0.1) is 22.0 Å². The van der Waals surface area contributed by atoms with Crippen molar-refractivity contribution in [2.75, 3.05) is 14.1 Å². The third kappa shape index (κ3) is 2.25. The first-order valence-corrected chi connectivity index (χ1v) is 4.73. The fourth-order valence-corrected chi connectivity index (χ4v) is 1.55. The molecule has 4 heteroatoms. The Bertz CT molecular complexity index is 408. The predicted octanol–water partition coefficient (Wildman–Crippen LogP) is 1.53. The molecule has 0 fully saturated rings. The van der Waals surface area contributed by atoms with Crippen LogP contribution in [0.4, 0.5) is 0 Å². The van der Waals surface area contributed by atoms with E-state index in [2.05, 4.69) is 11.8 Å². The summed E-state index contributed by atoms with van der Waals surface area (Å²) in [4.78, 5) is 10.5. The Labute approximate surface area is 89.6 Å². The topological polar surface area (TPSA) is 43.1 Å². The second kappa shape index (κ2) is 3.87. The van der Waals surface area contributed by atoms with E-state index < -0.39 is 0 Å². The first kappa shape index (κ1) is 11.5. The lowest BCUT2D eigenvalue weighted by molar-refractivity contribution is -0.866. The number of likely N-dealkylation sites (N-methyl/N-ethyl adjacent to an activating group) is 1. The molecule has 0 N–H and O–H groups in total. The van der Waals surface area contributed by atoms with Crippen molar-refractivity contribution >= 4 is 0 Å². The molecule has 0 aromatic rings. The highest BCUT2D eigenvalue weighted by molar-refractivity contribution is 5.39. The molecule has 1 unspecified atom stereocenters. The van der Waals surface area contributed by atoms with Crippen molar-refractivity contribution in [2.45, 2.75) is 19.9 Å². The number of hydrogen-bond acceptors (Lipinski definition) is 2. The lowest BCUT2D eigenvalue weighted by Gasteiger charge is -2.32. The van der Waals surface area contributed by atoms with E-state index in [0.29, 0.717) is 10.1 Å². The van der Waals surface area contributed by atoms with E-state index in [1.807, 2.05) is 27.2 Å². The molecule has 0 bridgehead atoms. The van der Waals surface area contributed by atoms with Gasteiger partial charge in [0.1, 0.15) is 6.20 Å².